The van der Waals surface area contributed by atoms with Gasteiger partial charge in [0.2, 0.25) is 5.91 Å². The Labute approximate surface area is 101 Å². The number of amides is 1. The first-order chi connectivity index (χ1) is 7.27. The fourth-order valence-corrected chi connectivity index (χ4v) is 1.89. The van der Waals surface area contributed by atoms with Crippen LogP contribution in [0, 0.1) is 5.92 Å². The molecule has 0 saturated carbocycles. The summed E-state index contributed by atoms with van der Waals surface area (Å²) in [6, 6.07) is 3.72. The number of hydrogen-bond donors (Lipinski definition) is 1. The fraction of sp³-hybridized carbons (Fsp3) is 0.545. The third-order valence-electron chi connectivity index (χ3n) is 2.76. The van der Waals surface area contributed by atoms with Crippen LogP contribution >= 0.6 is 12.4 Å². The Bertz CT molecular complexity index is 321. The van der Waals surface area contributed by atoms with Crippen LogP contribution in [0.15, 0.2) is 22.8 Å². The average Bonchev–Trinajstić information content (AvgIpc) is 2.88. The van der Waals surface area contributed by atoms with Crippen LogP contribution in [0.25, 0.3) is 0 Å². The lowest BCUT2D eigenvalue weighted by Crippen LogP contribution is -2.33. The highest BCUT2D eigenvalue weighted by Gasteiger charge is 2.25. The molecule has 1 saturated heterocycles. The second kappa shape index (κ2) is 5.92. The Hall–Kier alpha value is -1.00. The van der Waals surface area contributed by atoms with E-state index >= 15 is 0 Å². The number of rotatable bonds is 3. The van der Waals surface area contributed by atoms with Gasteiger partial charge in [0.1, 0.15) is 5.76 Å². The van der Waals surface area contributed by atoms with Crippen LogP contribution in [0.4, 0.5) is 0 Å². The molecule has 16 heavy (non-hydrogen) atoms. The third-order valence-corrected chi connectivity index (χ3v) is 2.76. The fourth-order valence-electron chi connectivity index (χ4n) is 1.89. The largest absolute Gasteiger partial charge is 0.467 e. The predicted octanol–water partition coefficient (Wildman–Crippen LogP) is 1.27. The van der Waals surface area contributed by atoms with Gasteiger partial charge in [-0.2, -0.15) is 0 Å². The molecule has 2 rings (SSSR count). The molecule has 1 unspecified atom stereocenters. The van der Waals surface area contributed by atoms with Gasteiger partial charge in [0.05, 0.1) is 18.7 Å². The Morgan fingerprint density at radius 3 is 3.06 bits per heavy atom. The molecule has 0 aliphatic carbocycles. The minimum Gasteiger partial charge on any atom is -0.467 e. The Kier molecular flexibility index (Phi) is 4.83. The molecule has 0 bridgehead atoms. The Balaban J connectivity index is 0.00000128. The van der Waals surface area contributed by atoms with Crippen LogP contribution in [0.5, 0.6) is 0 Å². The minimum absolute atomic E-state index is 0. The van der Waals surface area contributed by atoms with E-state index in [1.807, 2.05) is 19.2 Å². The summed E-state index contributed by atoms with van der Waals surface area (Å²) in [6.45, 7) is 2.31. The van der Waals surface area contributed by atoms with E-state index in [4.69, 9.17) is 4.42 Å². The van der Waals surface area contributed by atoms with E-state index in [0.29, 0.717) is 6.54 Å². The van der Waals surface area contributed by atoms with Gasteiger partial charge in [-0.25, -0.2) is 0 Å². The molecule has 0 aromatic carbocycles. The second-order valence-electron chi connectivity index (χ2n) is 3.96. The third kappa shape index (κ3) is 3.00. The van der Waals surface area contributed by atoms with Gasteiger partial charge in [-0.05, 0) is 25.1 Å². The molecule has 1 aromatic heterocycles. The smallest absolute Gasteiger partial charge is 0.227 e. The van der Waals surface area contributed by atoms with Gasteiger partial charge in [-0.1, -0.05) is 0 Å². The van der Waals surface area contributed by atoms with Gasteiger partial charge >= 0.3 is 0 Å². The standard InChI is InChI=1S/C11H16N2O2.ClH/c1-13(8-10-3-2-6-15-10)11(14)9-4-5-12-7-9;/h2-3,6,9,12H,4-5,7-8H2,1H3;1H. The molecular weight excluding hydrogens is 228 g/mol. The van der Waals surface area contributed by atoms with Crippen molar-refractivity contribution in [1.29, 1.82) is 0 Å². The van der Waals surface area contributed by atoms with E-state index in [1.54, 1.807) is 11.2 Å². The van der Waals surface area contributed by atoms with E-state index in [2.05, 4.69) is 5.32 Å². The van der Waals surface area contributed by atoms with Crippen molar-refractivity contribution < 1.29 is 9.21 Å². The molecule has 5 heteroatoms. The van der Waals surface area contributed by atoms with Crippen LogP contribution in [0.1, 0.15) is 12.2 Å². The van der Waals surface area contributed by atoms with Crippen LogP contribution in [0.3, 0.4) is 0 Å². The molecular formula is C11H17ClN2O2. The quantitative estimate of drug-likeness (QED) is 0.871. The van der Waals surface area contributed by atoms with E-state index in [1.165, 1.54) is 0 Å². The highest BCUT2D eigenvalue weighted by molar-refractivity contribution is 5.85. The number of halogens is 1. The molecule has 1 N–H and O–H groups in total. The van der Waals surface area contributed by atoms with Crippen LogP contribution in [-0.2, 0) is 11.3 Å². The normalized spacial score (nSPS) is 19.2. The van der Waals surface area contributed by atoms with Gasteiger partial charge < -0.3 is 14.6 Å². The monoisotopic (exact) mass is 244 g/mol. The molecule has 1 aliphatic heterocycles. The topological polar surface area (TPSA) is 45.5 Å². The first-order valence-corrected chi connectivity index (χ1v) is 5.25. The zero-order valence-electron chi connectivity index (χ0n) is 9.31. The zero-order valence-corrected chi connectivity index (χ0v) is 10.1. The number of carbonyl (C=O) groups excluding carboxylic acids is 1. The van der Waals surface area contributed by atoms with Crippen molar-refractivity contribution in [3.8, 4) is 0 Å². The van der Waals surface area contributed by atoms with Gasteiger partial charge in [-0.15, -0.1) is 12.4 Å². The maximum Gasteiger partial charge on any atom is 0.227 e. The molecule has 1 aromatic rings. The summed E-state index contributed by atoms with van der Waals surface area (Å²) in [7, 11) is 1.82. The molecule has 90 valence electrons. The highest BCUT2D eigenvalue weighted by atomic mass is 35.5. The summed E-state index contributed by atoms with van der Waals surface area (Å²) in [5.41, 5.74) is 0. The van der Waals surface area contributed by atoms with Crippen LogP contribution in [0.2, 0.25) is 0 Å². The van der Waals surface area contributed by atoms with E-state index < -0.39 is 0 Å². The van der Waals surface area contributed by atoms with Crippen LogP contribution in [-0.4, -0.2) is 30.9 Å². The Morgan fingerprint density at radius 2 is 2.50 bits per heavy atom. The molecule has 1 fully saturated rings. The first-order valence-electron chi connectivity index (χ1n) is 5.25. The number of furan rings is 1. The molecule has 1 aliphatic rings. The first kappa shape index (κ1) is 13.1. The summed E-state index contributed by atoms with van der Waals surface area (Å²) in [5, 5.41) is 3.20. The van der Waals surface area contributed by atoms with Gasteiger partial charge in [0.15, 0.2) is 0 Å². The SMILES string of the molecule is CN(Cc1ccco1)C(=O)C1CCNC1.Cl. The summed E-state index contributed by atoms with van der Waals surface area (Å²) in [5.74, 6) is 1.18. The van der Waals surface area contributed by atoms with Gasteiger partial charge in [0, 0.05) is 13.6 Å². The van der Waals surface area contributed by atoms with Crippen molar-refractivity contribution in [3.05, 3.63) is 24.2 Å². The Morgan fingerprint density at radius 1 is 1.69 bits per heavy atom. The number of hydrogen-bond acceptors (Lipinski definition) is 3. The van der Waals surface area contributed by atoms with Crippen molar-refractivity contribution in [2.75, 3.05) is 20.1 Å². The average molecular weight is 245 g/mol. The predicted molar refractivity (Wildman–Crippen MR) is 63.4 cm³/mol. The van der Waals surface area contributed by atoms with Crippen molar-refractivity contribution >= 4 is 18.3 Å². The second-order valence-corrected chi connectivity index (χ2v) is 3.96. The van der Waals surface area contributed by atoms with Gasteiger partial charge in [-0.3, -0.25) is 4.79 Å². The lowest BCUT2D eigenvalue weighted by molar-refractivity contribution is -0.134. The van der Waals surface area contributed by atoms with Crippen molar-refractivity contribution in [1.82, 2.24) is 10.2 Å². The van der Waals surface area contributed by atoms with Crippen molar-refractivity contribution in [2.45, 2.75) is 13.0 Å². The van der Waals surface area contributed by atoms with E-state index in [-0.39, 0.29) is 24.2 Å². The maximum atomic E-state index is 11.9. The molecule has 0 spiro atoms. The lowest BCUT2D eigenvalue weighted by atomic mass is 10.1. The van der Waals surface area contributed by atoms with E-state index in [9.17, 15) is 4.79 Å². The number of nitrogens with one attached hydrogen (secondary N) is 1. The van der Waals surface area contributed by atoms with E-state index in [0.717, 1.165) is 25.3 Å². The van der Waals surface area contributed by atoms with Crippen molar-refractivity contribution in [3.63, 3.8) is 0 Å². The summed E-state index contributed by atoms with van der Waals surface area (Å²) in [4.78, 5) is 13.6. The van der Waals surface area contributed by atoms with Crippen molar-refractivity contribution in [2.24, 2.45) is 5.92 Å². The van der Waals surface area contributed by atoms with Crippen LogP contribution < -0.4 is 5.32 Å². The van der Waals surface area contributed by atoms with Gasteiger partial charge in [0.25, 0.3) is 0 Å². The number of nitrogens with zero attached hydrogens (tertiary/aromatic N) is 1. The number of carbonyl (C=O) groups is 1. The maximum absolute atomic E-state index is 11.9. The summed E-state index contributed by atoms with van der Waals surface area (Å²) >= 11 is 0. The summed E-state index contributed by atoms with van der Waals surface area (Å²) in [6.07, 6.45) is 2.58. The lowest BCUT2D eigenvalue weighted by Gasteiger charge is -2.19. The molecule has 0 radical (unpaired) electrons. The zero-order chi connectivity index (χ0) is 10.7. The molecule has 2 heterocycles. The minimum atomic E-state index is 0. The highest BCUT2D eigenvalue weighted by Crippen LogP contribution is 2.13. The summed E-state index contributed by atoms with van der Waals surface area (Å²) < 4.78 is 5.21. The molecule has 1 atom stereocenters. The molecule has 1 amide bonds. The molecule has 4 nitrogen and oxygen atoms in total.